The molecule has 0 heterocycles. The minimum atomic E-state index is -2.47. The second-order valence-corrected chi connectivity index (χ2v) is 5.44. The van der Waals surface area contributed by atoms with E-state index in [0.717, 1.165) is 5.70 Å². The molecule has 1 aromatic rings. The fraction of sp³-hybridized carbons (Fsp3) is 0.353. The minimum Gasteiger partial charge on any atom is -0.359 e. The maximum absolute atomic E-state index is 12.4. The molecule has 0 atom stereocenters. The highest BCUT2D eigenvalue weighted by Gasteiger charge is 2.17. The van der Waals surface area contributed by atoms with E-state index in [9.17, 15) is 23.2 Å². The highest BCUT2D eigenvalue weighted by Crippen LogP contribution is 2.24. The molecule has 1 saturated carbocycles. The lowest BCUT2D eigenvalue weighted by atomic mass is 10.2. The Labute approximate surface area is 132 Å². The molecule has 0 aromatic heterocycles. The number of halogens is 2. The molecule has 1 fully saturated rings. The van der Waals surface area contributed by atoms with Crippen LogP contribution in [0, 0.1) is 0 Å². The summed E-state index contributed by atoms with van der Waals surface area (Å²) >= 11 is 0. The van der Waals surface area contributed by atoms with Crippen LogP contribution in [-0.2, 0) is 14.4 Å². The number of hydrogen-bond donors (Lipinski definition) is 1. The zero-order chi connectivity index (χ0) is 16.8. The number of hydrogen-bond acceptors (Lipinski definition) is 4. The van der Waals surface area contributed by atoms with Crippen molar-refractivity contribution in [3.63, 3.8) is 0 Å². The van der Waals surface area contributed by atoms with Crippen LogP contribution in [0.3, 0.4) is 0 Å². The molecule has 122 valence electrons. The van der Waals surface area contributed by atoms with Gasteiger partial charge in [-0.1, -0.05) is 12.1 Å². The number of Topliss-reactive ketones (excluding diaryl/α,β-unsaturated/α-hetero) is 2. The zero-order valence-corrected chi connectivity index (χ0v) is 12.5. The van der Waals surface area contributed by atoms with Gasteiger partial charge in [-0.2, -0.15) is 0 Å². The van der Waals surface area contributed by atoms with E-state index in [-0.39, 0.29) is 29.3 Å². The van der Waals surface area contributed by atoms with Gasteiger partial charge in [0.1, 0.15) is 11.6 Å². The third-order valence-electron chi connectivity index (χ3n) is 3.50. The molecule has 1 N–H and O–H groups in total. The summed E-state index contributed by atoms with van der Waals surface area (Å²) in [7, 11) is 0. The first-order valence-corrected chi connectivity index (χ1v) is 7.36. The van der Waals surface area contributed by atoms with Gasteiger partial charge < -0.3 is 5.32 Å². The average Bonchev–Trinajstić information content (AvgIpc) is 3.08. The van der Waals surface area contributed by atoms with Crippen LogP contribution in [0.2, 0.25) is 0 Å². The van der Waals surface area contributed by atoms with Crippen LogP contribution < -0.4 is 5.32 Å². The number of allylic oxidation sites excluding steroid dienone is 2. The number of alkyl halides is 2. The van der Waals surface area contributed by atoms with E-state index >= 15 is 0 Å². The van der Waals surface area contributed by atoms with E-state index in [0.29, 0.717) is 31.4 Å². The van der Waals surface area contributed by atoms with Crippen LogP contribution in [0.4, 0.5) is 14.5 Å². The quantitative estimate of drug-likeness (QED) is 0.864. The highest BCUT2D eigenvalue weighted by atomic mass is 19.3. The summed E-state index contributed by atoms with van der Waals surface area (Å²) in [6.45, 7) is 0. The number of benzene rings is 1. The predicted octanol–water partition coefficient (Wildman–Crippen LogP) is 3.59. The van der Waals surface area contributed by atoms with Gasteiger partial charge in [-0.05, 0) is 18.6 Å². The van der Waals surface area contributed by atoms with Crippen molar-refractivity contribution >= 4 is 23.0 Å². The molecule has 6 heteroatoms. The zero-order valence-electron chi connectivity index (χ0n) is 12.5. The molecule has 3 rings (SSSR count). The Morgan fingerprint density at radius 1 is 0.957 bits per heavy atom. The molecular formula is C17H17F2NO3. The minimum absolute atomic E-state index is 0.0186. The number of anilines is 1. The SMILES string of the molecule is O=C1C=C(Nc2cccc(C(F)F)c2)CC1.O=C1CCC(=O)C1. The molecule has 2 aliphatic carbocycles. The van der Waals surface area contributed by atoms with Crippen molar-refractivity contribution in [1.29, 1.82) is 0 Å². The van der Waals surface area contributed by atoms with Gasteiger partial charge in [0.05, 0.1) is 6.42 Å². The number of nitrogens with one attached hydrogen (secondary N) is 1. The molecule has 0 aliphatic heterocycles. The maximum Gasteiger partial charge on any atom is 0.263 e. The summed E-state index contributed by atoms with van der Waals surface area (Å²) in [5.41, 5.74) is 1.37. The lowest BCUT2D eigenvalue weighted by Crippen LogP contribution is -1.97. The Balaban J connectivity index is 0.000000229. The molecule has 0 radical (unpaired) electrons. The lowest BCUT2D eigenvalue weighted by Gasteiger charge is -2.08. The smallest absolute Gasteiger partial charge is 0.263 e. The first-order chi connectivity index (χ1) is 10.9. The fourth-order valence-electron chi connectivity index (χ4n) is 2.31. The van der Waals surface area contributed by atoms with Crippen LogP contribution in [0.25, 0.3) is 0 Å². The summed E-state index contributed by atoms with van der Waals surface area (Å²) in [5.74, 6) is 0.280. The van der Waals surface area contributed by atoms with Gasteiger partial charge in [0.2, 0.25) is 0 Å². The van der Waals surface area contributed by atoms with Gasteiger partial charge in [-0.25, -0.2) is 8.78 Å². The molecule has 1 aromatic carbocycles. The molecule has 23 heavy (non-hydrogen) atoms. The van der Waals surface area contributed by atoms with E-state index in [2.05, 4.69) is 5.32 Å². The van der Waals surface area contributed by atoms with Crippen molar-refractivity contribution in [2.75, 3.05) is 5.32 Å². The first-order valence-electron chi connectivity index (χ1n) is 7.36. The average molecular weight is 321 g/mol. The van der Waals surface area contributed by atoms with Gasteiger partial charge in [0, 0.05) is 42.3 Å². The largest absolute Gasteiger partial charge is 0.359 e. The number of carbonyl (C=O) groups excluding carboxylic acids is 3. The van der Waals surface area contributed by atoms with Gasteiger partial charge in [0.25, 0.3) is 6.43 Å². The normalized spacial score (nSPS) is 17.2. The standard InChI is InChI=1S/C12H11F2NO.C5H6O2/c13-12(14)8-2-1-3-9(6-8)15-10-4-5-11(16)7-10;6-4-1-2-5(7)3-4/h1-3,6-7,12,15H,4-5H2;1-3H2. The number of carbonyl (C=O) groups is 3. The summed E-state index contributed by atoms with van der Waals surface area (Å²) in [5, 5.41) is 2.97. The number of rotatable bonds is 3. The van der Waals surface area contributed by atoms with E-state index in [1.165, 1.54) is 18.2 Å². The van der Waals surface area contributed by atoms with Crippen molar-refractivity contribution in [1.82, 2.24) is 0 Å². The third-order valence-corrected chi connectivity index (χ3v) is 3.50. The van der Waals surface area contributed by atoms with Gasteiger partial charge in [-0.15, -0.1) is 0 Å². The van der Waals surface area contributed by atoms with Crippen molar-refractivity contribution in [3.05, 3.63) is 41.6 Å². The van der Waals surface area contributed by atoms with Crippen LogP contribution >= 0.6 is 0 Å². The van der Waals surface area contributed by atoms with Crippen molar-refractivity contribution in [2.24, 2.45) is 0 Å². The molecular weight excluding hydrogens is 304 g/mol. The lowest BCUT2D eigenvalue weighted by molar-refractivity contribution is -0.121. The van der Waals surface area contributed by atoms with E-state index in [4.69, 9.17) is 0 Å². The van der Waals surface area contributed by atoms with E-state index < -0.39 is 6.43 Å². The molecule has 0 saturated heterocycles. The summed E-state index contributed by atoms with van der Waals surface area (Å²) in [6, 6.07) is 6.05. The molecule has 0 amide bonds. The first kappa shape index (κ1) is 17.0. The Bertz CT molecular complexity index is 639. The van der Waals surface area contributed by atoms with Gasteiger partial charge >= 0.3 is 0 Å². The van der Waals surface area contributed by atoms with Gasteiger partial charge in [0.15, 0.2) is 5.78 Å². The van der Waals surface area contributed by atoms with Crippen LogP contribution in [-0.4, -0.2) is 17.3 Å². The molecule has 0 spiro atoms. The third kappa shape index (κ3) is 5.39. The molecule has 2 aliphatic rings. The second-order valence-electron chi connectivity index (χ2n) is 5.44. The summed E-state index contributed by atoms with van der Waals surface area (Å²) in [6.07, 6.45) is 1.36. The Hall–Kier alpha value is -2.37. The van der Waals surface area contributed by atoms with Crippen molar-refractivity contribution < 1.29 is 23.2 Å². The van der Waals surface area contributed by atoms with Crippen LogP contribution in [0.5, 0.6) is 0 Å². The van der Waals surface area contributed by atoms with Crippen LogP contribution in [0.1, 0.15) is 44.1 Å². The summed E-state index contributed by atoms with van der Waals surface area (Å²) in [4.78, 5) is 31.4. The monoisotopic (exact) mass is 321 g/mol. The number of ketones is 3. The fourth-order valence-corrected chi connectivity index (χ4v) is 2.31. The predicted molar refractivity (Wildman–Crippen MR) is 81.2 cm³/mol. The van der Waals surface area contributed by atoms with Gasteiger partial charge in [-0.3, -0.25) is 14.4 Å². The highest BCUT2D eigenvalue weighted by molar-refractivity contribution is 6.05. The van der Waals surface area contributed by atoms with Crippen molar-refractivity contribution in [3.8, 4) is 0 Å². The Kier molecular flexibility index (Phi) is 5.73. The molecule has 0 bridgehead atoms. The van der Waals surface area contributed by atoms with E-state index in [1.54, 1.807) is 12.1 Å². The van der Waals surface area contributed by atoms with Crippen molar-refractivity contribution in [2.45, 2.75) is 38.5 Å². The Morgan fingerprint density at radius 3 is 2.13 bits per heavy atom. The second kappa shape index (κ2) is 7.76. The summed E-state index contributed by atoms with van der Waals surface area (Å²) < 4.78 is 24.9. The molecule has 0 unspecified atom stereocenters. The topological polar surface area (TPSA) is 63.2 Å². The maximum atomic E-state index is 12.4. The van der Waals surface area contributed by atoms with E-state index in [1.807, 2.05) is 0 Å². The Morgan fingerprint density at radius 2 is 1.65 bits per heavy atom. The molecule has 4 nitrogen and oxygen atoms in total. The van der Waals surface area contributed by atoms with Crippen LogP contribution in [0.15, 0.2) is 36.0 Å².